The van der Waals surface area contributed by atoms with E-state index < -0.39 is 0 Å². The van der Waals surface area contributed by atoms with Gasteiger partial charge in [0.1, 0.15) is 5.82 Å². The predicted octanol–water partition coefficient (Wildman–Crippen LogP) is 3.15. The largest absolute Gasteiger partial charge is 0.299 e. The number of hydrogen-bond donors (Lipinski definition) is 0. The van der Waals surface area contributed by atoms with Crippen molar-refractivity contribution in [3.8, 4) is 0 Å². The van der Waals surface area contributed by atoms with Crippen molar-refractivity contribution in [2.24, 2.45) is 0 Å². The lowest BCUT2D eigenvalue weighted by molar-refractivity contribution is 0.215. The predicted molar refractivity (Wildman–Crippen MR) is 75.9 cm³/mol. The molecular formula is C15H20ClFN2. The summed E-state index contributed by atoms with van der Waals surface area (Å²) in [5, 5.41) is 0.549. The van der Waals surface area contributed by atoms with Crippen molar-refractivity contribution in [3.05, 3.63) is 34.6 Å². The van der Waals surface area contributed by atoms with Crippen molar-refractivity contribution in [1.82, 2.24) is 9.80 Å². The van der Waals surface area contributed by atoms with Gasteiger partial charge in [0.05, 0.1) is 0 Å². The summed E-state index contributed by atoms with van der Waals surface area (Å²) in [7, 11) is 0. The highest BCUT2D eigenvalue weighted by molar-refractivity contribution is 6.31. The molecule has 2 heterocycles. The first kappa shape index (κ1) is 13.3. The van der Waals surface area contributed by atoms with Crippen LogP contribution in [0.25, 0.3) is 0 Å². The van der Waals surface area contributed by atoms with Crippen LogP contribution >= 0.6 is 11.6 Å². The molecule has 2 aliphatic rings. The minimum Gasteiger partial charge on any atom is -0.299 e. The molecule has 0 amide bonds. The summed E-state index contributed by atoms with van der Waals surface area (Å²) in [6.07, 6.45) is 3.86. The first-order valence-electron chi connectivity index (χ1n) is 7.13. The van der Waals surface area contributed by atoms with E-state index in [1.54, 1.807) is 0 Å². The van der Waals surface area contributed by atoms with E-state index in [-0.39, 0.29) is 5.82 Å². The van der Waals surface area contributed by atoms with Crippen molar-refractivity contribution < 1.29 is 4.39 Å². The van der Waals surface area contributed by atoms with Crippen LogP contribution in [0.3, 0.4) is 0 Å². The number of nitrogens with zero attached hydrogens (tertiary/aromatic N) is 2. The van der Waals surface area contributed by atoms with E-state index >= 15 is 0 Å². The van der Waals surface area contributed by atoms with Crippen molar-refractivity contribution >= 4 is 11.6 Å². The molecule has 0 aromatic heterocycles. The van der Waals surface area contributed by atoms with Crippen LogP contribution in [0.2, 0.25) is 5.02 Å². The van der Waals surface area contributed by atoms with Gasteiger partial charge in [-0.3, -0.25) is 9.80 Å². The molecule has 0 radical (unpaired) electrons. The van der Waals surface area contributed by atoms with Gasteiger partial charge in [0.15, 0.2) is 0 Å². The second kappa shape index (κ2) is 5.78. The fourth-order valence-electron chi connectivity index (χ4n) is 3.32. The van der Waals surface area contributed by atoms with Crippen molar-refractivity contribution in [2.45, 2.75) is 31.8 Å². The molecule has 0 bridgehead atoms. The molecule has 0 saturated carbocycles. The normalized spacial score (nSPS) is 25.3. The second-order valence-electron chi connectivity index (χ2n) is 5.66. The zero-order valence-electron chi connectivity index (χ0n) is 11.1. The Morgan fingerprint density at radius 2 is 2.05 bits per heavy atom. The molecule has 1 aromatic carbocycles. The van der Waals surface area contributed by atoms with Crippen molar-refractivity contribution in [1.29, 1.82) is 0 Å². The first-order chi connectivity index (χ1) is 9.22. The van der Waals surface area contributed by atoms with Gasteiger partial charge in [-0.05, 0) is 56.6 Å². The molecule has 0 aliphatic carbocycles. The van der Waals surface area contributed by atoms with Crippen LogP contribution in [0, 0.1) is 5.82 Å². The fraction of sp³-hybridized carbons (Fsp3) is 0.600. The van der Waals surface area contributed by atoms with Gasteiger partial charge in [-0.2, -0.15) is 0 Å². The minimum absolute atomic E-state index is 0.258. The molecule has 104 valence electrons. The van der Waals surface area contributed by atoms with Crippen molar-refractivity contribution in [2.75, 3.05) is 26.2 Å². The van der Waals surface area contributed by atoms with Gasteiger partial charge in [0.25, 0.3) is 0 Å². The number of fused-ring (bicyclic) bond motifs is 1. The molecule has 2 fully saturated rings. The third kappa shape index (κ3) is 3.10. The van der Waals surface area contributed by atoms with Crippen LogP contribution < -0.4 is 0 Å². The Labute approximate surface area is 119 Å². The maximum Gasteiger partial charge on any atom is 0.124 e. The molecule has 2 saturated heterocycles. The lowest BCUT2D eigenvalue weighted by Gasteiger charge is -2.25. The summed E-state index contributed by atoms with van der Waals surface area (Å²) in [5.74, 6) is -0.258. The standard InChI is InChI=1S/C15H20ClFN2/c16-15-9-13(17)5-4-12(15)10-18-6-2-8-19-7-1-3-14(19)11-18/h4-5,9,14H,1-3,6-8,10-11H2/t14-/m1/s1. The SMILES string of the molecule is Fc1ccc(CN2CCCN3CCC[C@@H]3C2)c(Cl)c1. The number of rotatable bonds is 2. The Kier molecular flexibility index (Phi) is 4.06. The van der Waals surface area contributed by atoms with Crippen LogP contribution in [0.4, 0.5) is 4.39 Å². The van der Waals surface area contributed by atoms with Gasteiger partial charge in [0.2, 0.25) is 0 Å². The van der Waals surface area contributed by atoms with E-state index in [2.05, 4.69) is 9.80 Å². The average Bonchev–Trinajstić information content (AvgIpc) is 2.72. The molecule has 2 nitrogen and oxygen atoms in total. The van der Waals surface area contributed by atoms with Crippen molar-refractivity contribution in [3.63, 3.8) is 0 Å². The second-order valence-corrected chi connectivity index (χ2v) is 6.06. The number of benzene rings is 1. The van der Waals surface area contributed by atoms with Gasteiger partial charge < -0.3 is 0 Å². The van der Waals surface area contributed by atoms with Gasteiger partial charge >= 0.3 is 0 Å². The topological polar surface area (TPSA) is 6.48 Å². The first-order valence-corrected chi connectivity index (χ1v) is 7.50. The van der Waals surface area contributed by atoms with Gasteiger partial charge in [-0.1, -0.05) is 17.7 Å². The molecule has 19 heavy (non-hydrogen) atoms. The lowest BCUT2D eigenvalue weighted by Crippen LogP contribution is -2.36. The summed E-state index contributed by atoms with van der Waals surface area (Å²) in [5.41, 5.74) is 1.04. The minimum atomic E-state index is -0.258. The van der Waals surface area contributed by atoms with Crippen LogP contribution in [0.15, 0.2) is 18.2 Å². The Morgan fingerprint density at radius 1 is 1.21 bits per heavy atom. The number of halogens is 2. The number of hydrogen-bond acceptors (Lipinski definition) is 2. The van der Waals surface area contributed by atoms with Crippen LogP contribution in [0.5, 0.6) is 0 Å². The molecule has 0 unspecified atom stereocenters. The third-order valence-corrected chi connectivity index (χ3v) is 4.65. The zero-order valence-corrected chi connectivity index (χ0v) is 11.9. The Balaban J connectivity index is 1.68. The molecule has 4 heteroatoms. The van der Waals surface area contributed by atoms with Crippen LogP contribution in [-0.4, -0.2) is 42.0 Å². The van der Waals surface area contributed by atoms with E-state index in [9.17, 15) is 4.39 Å². The Bertz CT molecular complexity index is 452. The van der Waals surface area contributed by atoms with E-state index in [1.165, 1.54) is 44.5 Å². The van der Waals surface area contributed by atoms with Crippen LogP contribution in [0.1, 0.15) is 24.8 Å². The van der Waals surface area contributed by atoms with E-state index in [1.807, 2.05) is 6.07 Å². The summed E-state index contributed by atoms with van der Waals surface area (Å²) < 4.78 is 13.1. The average molecular weight is 283 g/mol. The maximum atomic E-state index is 13.1. The molecule has 2 aliphatic heterocycles. The summed E-state index contributed by atoms with van der Waals surface area (Å²) in [4.78, 5) is 5.08. The van der Waals surface area contributed by atoms with E-state index in [4.69, 9.17) is 11.6 Å². The highest BCUT2D eigenvalue weighted by Crippen LogP contribution is 2.24. The van der Waals surface area contributed by atoms with Gasteiger partial charge in [0, 0.05) is 24.2 Å². The molecule has 0 N–H and O–H groups in total. The highest BCUT2D eigenvalue weighted by Gasteiger charge is 2.28. The van der Waals surface area contributed by atoms with E-state index in [0.29, 0.717) is 11.1 Å². The Hall–Kier alpha value is -0.640. The quantitative estimate of drug-likeness (QED) is 0.822. The van der Waals surface area contributed by atoms with E-state index in [0.717, 1.165) is 25.2 Å². The van der Waals surface area contributed by atoms with Crippen LogP contribution in [-0.2, 0) is 6.54 Å². The van der Waals surface area contributed by atoms with Gasteiger partial charge in [-0.15, -0.1) is 0 Å². The smallest absolute Gasteiger partial charge is 0.124 e. The monoisotopic (exact) mass is 282 g/mol. The summed E-state index contributed by atoms with van der Waals surface area (Å²) in [6, 6.07) is 5.44. The Morgan fingerprint density at radius 3 is 2.89 bits per heavy atom. The molecule has 0 spiro atoms. The van der Waals surface area contributed by atoms with Gasteiger partial charge in [-0.25, -0.2) is 4.39 Å². The fourth-order valence-corrected chi connectivity index (χ4v) is 3.54. The summed E-state index contributed by atoms with van der Waals surface area (Å²) in [6.45, 7) is 5.55. The maximum absolute atomic E-state index is 13.1. The lowest BCUT2D eigenvalue weighted by atomic mass is 10.1. The molecule has 1 aromatic rings. The third-order valence-electron chi connectivity index (χ3n) is 4.30. The molecule has 1 atom stereocenters. The zero-order chi connectivity index (χ0) is 13.2. The molecular weight excluding hydrogens is 263 g/mol. The highest BCUT2D eigenvalue weighted by atomic mass is 35.5. The summed E-state index contributed by atoms with van der Waals surface area (Å²) >= 11 is 6.12. The molecule has 3 rings (SSSR count).